The number of nitrogens with zero attached hydrogens (tertiary/aromatic N) is 2. The van der Waals surface area contributed by atoms with E-state index in [1.165, 1.54) is 0 Å². The highest BCUT2D eigenvalue weighted by molar-refractivity contribution is 7.99. The minimum atomic E-state index is 0.734. The number of furan rings is 1. The van der Waals surface area contributed by atoms with E-state index in [1.54, 1.807) is 24.2 Å². The zero-order chi connectivity index (χ0) is 16.6. The first-order valence-electron chi connectivity index (χ1n) is 7.87. The fourth-order valence-corrected chi connectivity index (χ4v) is 3.14. The quantitative estimate of drug-likeness (QED) is 0.378. The van der Waals surface area contributed by atoms with E-state index in [-0.39, 0.29) is 0 Å². The number of rotatable bonds is 8. The van der Waals surface area contributed by atoms with Crippen molar-refractivity contribution in [3.05, 3.63) is 65.6 Å². The van der Waals surface area contributed by atoms with Crippen molar-refractivity contribution in [1.29, 1.82) is 0 Å². The van der Waals surface area contributed by atoms with E-state index >= 15 is 0 Å². The molecule has 0 bridgehead atoms. The molecule has 2 aromatic heterocycles. The van der Waals surface area contributed by atoms with Crippen LogP contribution in [0.15, 0.2) is 64.4 Å². The molecule has 3 aromatic rings. The summed E-state index contributed by atoms with van der Waals surface area (Å²) < 4.78 is 5.89. The molecule has 0 aliphatic rings. The molecule has 0 unspecified atom stereocenters. The first-order valence-corrected chi connectivity index (χ1v) is 9.24. The third-order valence-corrected chi connectivity index (χ3v) is 4.68. The van der Waals surface area contributed by atoms with Crippen molar-refractivity contribution < 1.29 is 9.73 Å². The second-order valence-corrected chi connectivity index (χ2v) is 6.79. The maximum atomic E-state index is 5.91. The van der Waals surface area contributed by atoms with Crippen LogP contribution in [0.1, 0.15) is 12.2 Å². The van der Waals surface area contributed by atoms with Crippen molar-refractivity contribution in [3.8, 4) is 11.3 Å². The number of quaternary nitrogens is 1. The number of hydrogen-bond acceptors (Lipinski definition) is 4. The lowest BCUT2D eigenvalue weighted by atomic mass is 10.2. The Morgan fingerprint density at radius 3 is 2.62 bits per heavy atom. The van der Waals surface area contributed by atoms with Gasteiger partial charge in [0.2, 0.25) is 0 Å². The molecule has 0 aliphatic heterocycles. The van der Waals surface area contributed by atoms with Crippen molar-refractivity contribution in [2.45, 2.75) is 18.1 Å². The predicted molar refractivity (Wildman–Crippen MR) is 97.0 cm³/mol. The number of aromatic nitrogens is 2. The van der Waals surface area contributed by atoms with Gasteiger partial charge in [0.05, 0.1) is 6.54 Å². The second kappa shape index (κ2) is 8.87. The van der Waals surface area contributed by atoms with Crippen molar-refractivity contribution in [3.63, 3.8) is 0 Å². The Morgan fingerprint density at radius 2 is 1.83 bits per heavy atom. The smallest absolute Gasteiger partial charge is 0.187 e. The third-order valence-electron chi connectivity index (χ3n) is 3.46. The van der Waals surface area contributed by atoms with Gasteiger partial charge in [0, 0.05) is 35.2 Å². The zero-order valence-electron chi connectivity index (χ0n) is 13.2. The number of benzene rings is 1. The van der Waals surface area contributed by atoms with Crippen molar-refractivity contribution in [2.75, 3.05) is 12.3 Å². The highest BCUT2D eigenvalue weighted by atomic mass is 35.5. The van der Waals surface area contributed by atoms with Crippen LogP contribution in [0, 0.1) is 0 Å². The lowest BCUT2D eigenvalue weighted by Gasteiger charge is -2.01. The number of halogens is 1. The van der Waals surface area contributed by atoms with Crippen LogP contribution in [-0.4, -0.2) is 22.3 Å². The highest BCUT2D eigenvalue weighted by Gasteiger charge is 2.06. The molecule has 0 atom stereocenters. The van der Waals surface area contributed by atoms with Crippen molar-refractivity contribution in [2.24, 2.45) is 0 Å². The summed E-state index contributed by atoms with van der Waals surface area (Å²) in [5.74, 6) is 2.89. The molecule has 0 aliphatic carbocycles. The number of thioether (sulfide) groups is 1. The molecule has 0 fully saturated rings. The van der Waals surface area contributed by atoms with Gasteiger partial charge in [-0.1, -0.05) is 23.4 Å². The molecular formula is C18H19ClN3OS+. The highest BCUT2D eigenvalue weighted by Crippen LogP contribution is 2.23. The van der Waals surface area contributed by atoms with E-state index in [1.807, 2.05) is 42.5 Å². The van der Waals surface area contributed by atoms with Crippen molar-refractivity contribution >= 4 is 23.4 Å². The van der Waals surface area contributed by atoms with Gasteiger partial charge in [-0.15, -0.1) is 0 Å². The Hall–Kier alpha value is -1.82. The summed E-state index contributed by atoms with van der Waals surface area (Å²) >= 11 is 7.60. The van der Waals surface area contributed by atoms with Crippen LogP contribution in [0.25, 0.3) is 11.3 Å². The molecule has 2 N–H and O–H groups in total. The maximum Gasteiger partial charge on any atom is 0.187 e. The summed E-state index contributed by atoms with van der Waals surface area (Å²) in [5.41, 5.74) is 1.05. The molecule has 1 aromatic carbocycles. The molecular weight excluding hydrogens is 342 g/mol. The topological polar surface area (TPSA) is 55.5 Å². The van der Waals surface area contributed by atoms with Gasteiger partial charge in [0.25, 0.3) is 0 Å². The van der Waals surface area contributed by atoms with Gasteiger partial charge in [-0.2, -0.15) is 0 Å². The van der Waals surface area contributed by atoms with Crippen molar-refractivity contribution in [1.82, 2.24) is 9.97 Å². The average molecular weight is 361 g/mol. The van der Waals surface area contributed by atoms with Gasteiger partial charge in [0.15, 0.2) is 10.9 Å². The van der Waals surface area contributed by atoms with Crippen LogP contribution >= 0.6 is 23.4 Å². The van der Waals surface area contributed by atoms with E-state index in [9.17, 15) is 0 Å². The molecule has 2 heterocycles. The molecule has 0 saturated heterocycles. The fourth-order valence-electron chi connectivity index (χ4n) is 2.25. The summed E-state index contributed by atoms with van der Waals surface area (Å²) in [5, 5.41) is 3.84. The van der Waals surface area contributed by atoms with E-state index < -0.39 is 0 Å². The molecule has 3 rings (SSSR count). The first-order chi connectivity index (χ1) is 11.8. The molecule has 124 valence electrons. The van der Waals surface area contributed by atoms with Gasteiger partial charge in [0.1, 0.15) is 12.3 Å². The monoisotopic (exact) mass is 360 g/mol. The Bertz CT molecular complexity index is 746. The Morgan fingerprint density at radius 1 is 1.04 bits per heavy atom. The molecule has 0 radical (unpaired) electrons. The van der Waals surface area contributed by atoms with Gasteiger partial charge in [-0.05, 0) is 42.5 Å². The van der Waals surface area contributed by atoms with E-state index in [4.69, 9.17) is 16.0 Å². The van der Waals surface area contributed by atoms with Crippen LogP contribution in [-0.2, 0) is 6.54 Å². The van der Waals surface area contributed by atoms with E-state index in [0.717, 1.165) is 52.5 Å². The maximum absolute atomic E-state index is 5.91. The summed E-state index contributed by atoms with van der Waals surface area (Å²) in [7, 11) is 0. The molecule has 4 nitrogen and oxygen atoms in total. The first kappa shape index (κ1) is 17.0. The largest absolute Gasteiger partial charge is 0.455 e. The summed E-state index contributed by atoms with van der Waals surface area (Å²) in [6, 6.07) is 13.6. The van der Waals surface area contributed by atoms with E-state index in [2.05, 4.69) is 15.3 Å². The normalized spacial score (nSPS) is 10.9. The number of hydrogen-bond donors (Lipinski definition) is 1. The standard InChI is InChI=1S/C18H18ClN3OS/c19-15-5-3-14(4-6-15)17-8-7-16(23-17)13-20-9-2-12-24-18-21-10-1-11-22-18/h1,3-8,10-11,20H,2,9,12-13H2/p+1. The van der Waals surface area contributed by atoms with Gasteiger partial charge in [-0.3, -0.25) is 0 Å². The second-order valence-electron chi connectivity index (χ2n) is 5.29. The third kappa shape index (κ3) is 5.09. The summed E-state index contributed by atoms with van der Waals surface area (Å²) in [6.07, 6.45) is 4.65. The lowest BCUT2D eigenvalue weighted by Crippen LogP contribution is -2.82. The molecule has 0 spiro atoms. The minimum Gasteiger partial charge on any atom is -0.455 e. The fraction of sp³-hybridized carbons (Fsp3) is 0.222. The Kier molecular flexibility index (Phi) is 6.29. The Labute approximate surface area is 150 Å². The van der Waals surface area contributed by atoms with Crippen LogP contribution in [0.2, 0.25) is 5.02 Å². The molecule has 6 heteroatoms. The number of nitrogens with two attached hydrogens (primary N) is 1. The summed E-state index contributed by atoms with van der Waals surface area (Å²) in [4.78, 5) is 8.40. The van der Waals surface area contributed by atoms with Crippen LogP contribution in [0.4, 0.5) is 0 Å². The summed E-state index contributed by atoms with van der Waals surface area (Å²) in [6.45, 7) is 1.90. The SMILES string of the molecule is Clc1ccc(-c2ccc(C[NH2+]CCCSc3ncccn3)o2)cc1. The van der Waals surface area contributed by atoms with Crippen LogP contribution in [0.5, 0.6) is 0 Å². The minimum absolute atomic E-state index is 0.734. The predicted octanol–water partition coefficient (Wildman–Crippen LogP) is 3.64. The zero-order valence-corrected chi connectivity index (χ0v) is 14.8. The lowest BCUT2D eigenvalue weighted by molar-refractivity contribution is -0.672. The molecule has 24 heavy (non-hydrogen) atoms. The van der Waals surface area contributed by atoms with Crippen LogP contribution < -0.4 is 5.32 Å². The molecule has 0 saturated carbocycles. The van der Waals surface area contributed by atoms with Gasteiger partial charge >= 0.3 is 0 Å². The average Bonchev–Trinajstić information content (AvgIpc) is 3.08. The van der Waals surface area contributed by atoms with Gasteiger partial charge in [-0.25, -0.2) is 9.97 Å². The van der Waals surface area contributed by atoms with E-state index in [0.29, 0.717) is 0 Å². The van der Waals surface area contributed by atoms with Gasteiger partial charge < -0.3 is 9.73 Å². The molecule has 0 amide bonds. The van der Waals surface area contributed by atoms with Crippen LogP contribution in [0.3, 0.4) is 0 Å². The Balaban J connectivity index is 1.37.